The monoisotopic (exact) mass is 172 g/mol. The van der Waals surface area contributed by atoms with E-state index < -0.39 is 0 Å². The fourth-order valence-electron chi connectivity index (χ4n) is 0.510. The molecule has 11 heavy (non-hydrogen) atoms. The van der Waals surface area contributed by atoms with E-state index in [0.717, 1.165) is 13.2 Å². The molecule has 0 amide bonds. The van der Waals surface area contributed by atoms with Crippen molar-refractivity contribution in [3.05, 3.63) is 0 Å². The van der Waals surface area contributed by atoms with Gasteiger partial charge in [0.25, 0.3) is 0 Å². The van der Waals surface area contributed by atoms with Crippen LogP contribution in [0.2, 0.25) is 0 Å². The van der Waals surface area contributed by atoms with Crippen molar-refractivity contribution in [1.29, 1.82) is 0 Å². The van der Waals surface area contributed by atoms with Gasteiger partial charge in [0.05, 0.1) is 0 Å². The summed E-state index contributed by atoms with van der Waals surface area (Å²) in [5.41, 5.74) is 0. The van der Waals surface area contributed by atoms with Gasteiger partial charge in [-0.3, -0.25) is 0 Å². The second kappa shape index (κ2) is 22.6. The third-order valence-corrected chi connectivity index (χ3v) is 0.827. The number of aliphatic hydroxyl groups is 1. The van der Waals surface area contributed by atoms with E-state index in [1.165, 1.54) is 12.8 Å². The molecule has 0 saturated carbocycles. The Labute approximate surface area is 66.9 Å². The molecule has 1 saturated heterocycles. The molecule has 1 aliphatic rings. The summed E-state index contributed by atoms with van der Waals surface area (Å²) in [5.74, 6) is 0. The average molecular weight is 172 g/mol. The SMILES string of the molecule is C1CCOC1.CCO.O.O.O. The van der Waals surface area contributed by atoms with Crippen LogP contribution in [0.4, 0.5) is 0 Å². The number of aliphatic hydroxyl groups excluding tert-OH is 1. The Morgan fingerprint density at radius 2 is 1.36 bits per heavy atom. The fraction of sp³-hybridized carbons (Fsp3) is 1.00. The van der Waals surface area contributed by atoms with Crippen molar-refractivity contribution >= 4 is 0 Å². The lowest BCUT2D eigenvalue weighted by Gasteiger charge is -1.76. The van der Waals surface area contributed by atoms with Crippen molar-refractivity contribution in [2.75, 3.05) is 19.8 Å². The summed E-state index contributed by atoms with van der Waals surface area (Å²) in [7, 11) is 0. The van der Waals surface area contributed by atoms with Crippen LogP contribution in [0.25, 0.3) is 0 Å². The summed E-state index contributed by atoms with van der Waals surface area (Å²) in [4.78, 5) is 0. The standard InChI is InChI=1S/C4H8O.C2H6O.3H2O/c1-2-4-5-3-1;1-2-3;;;/h1-4H2;3H,2H2,1H3;3*1H2. The third-order valence-electron chi connectivity index (χ3n) is 0.827. The van der Waals surface area contributed by atoms with Gasteiger partial charge < -0.3 is 26.3 Å². The normalized spacial score (nSPS) is 12.5. The molecule has 0 aromatic carbocycles. The first kappa shape index (κ1) is 22.4. The van der Waals surface area contributed by atoms with Gasteiger partial charge >= 0.3 is 0 Å². The molecular weight excluding hydrogens is 152 g/mol. The summed E-state index contributed by atoms with van der Waals surface area (Å²) in [6.07, 6.45) is 2.56. The van der Waals surface area contributed by atoms with Crippen molar-refractivity contribution < 1.29 is 26.3 Å². The van der Waals surface area contributed by atoms with E-state index in [-0.39, 0.29) is 23.0 Å². The Hall–Kier alpha value is -0.200. The van der Waals surface area contributed by atoms with Crippen LogP contribution >= 0.6 is 0 Å². The quantitative estimate of drug-likeness (QED) is 0.468. The zero-order valence-corrected chi connectivity index (χ0v) is 6.89. The molecule has 0 aromatic rings. The number of hydrogen-bond donors (Lipinski definition) is 1. The molecule has 0 radical (unpaired) electrons. The van der Waals surface area contributed by atoms with E-state index in [4.69, 9.17) is 9.84 Å². The van der Waals surface area contributed by atoms with Gasteiger partial charge in [0.2, 0.25) is 0 Å². The van der Waals surface area contributed by atoms with E-state index in [9.17, 15) is 0 Å². The highest BCUT2D eigenvalue weighted by molar-refractivity contribution is 4.43. The first-order valence-electron chi connectivity index (χ1n) is 3.10. The Morgan fingerprint density at radius 3 is 1.45 bits per heavy atom. The maximum Gasteiger partial charge on any atom is 0.0466 e. The minimum atomic E-state index is 0. The maximum absolute atomic E-state index is 7.57. The van der Waals surface area contributed by atoms with Gasteiger partial charge in [-0.25, -0.2) is 0 Å². The lowest BCUT2D eigenvalue weighted by atomic mass is 10.4. The summed E-state index contributed by atoms with van der Waals surface area (Å²) in [6.45, 7) is 3.93. The number of rotatable bonds is 0. The Balaban J connectivity index is -0.0000000379. The van der Waals surface area contributed by atoms with Crippen molar-refractivity contribution in [3.8, 4) is 0 Å². The smallest absolute Gasteiger partial charge is 0.0466 e. The van der Waals surface area contributed by atoms with Crippen molar-refractivity contribution in [2.45, 2.75) is 19.8 Å². The Bertz CT molecular complexity index is 30.3. The number of ether oxygens (including phenoxy) is 1. The third kappa shape index (κ3) is 25.9. The summed E-state index contributed by atoms with van der Waals surface area (Å²) in [6, 6.07) is 0. The molecule has 7 N–H and O–H groups in total. The minimum absolute atomic E-state index is 0. The van der Waals surface area contributed by atoms with Crippen molar-refractivity contribution in [1.82, 2.24) is 0 Å². The van der Waals surface area contributed by atoms with E-state index in [1.807, 2.05) is 0 Å². The van der Waals surface area contributed by atoms with Gasteiger partial charge in [-0.1, -0.05) is 0 Å². The Kier molecular flexibility index (Phi) is 46.0. The molecule has 1 aliphatic heterocycles. The van der Waals surface area contributed by atoms with E-state index >= 15 is 0 Å². The first-order chi connectivity index (χ1) is 3.91. The maximum atomic E-state index is 7.57. The van der Waals surface area contributed by atoms with Gasteiger partial charge in [0.15, 0.2) is 0 Å². The van der Waals surface area contributed by atoms with Gasteiger partial charge in [0, 0.05) is 19.8 Å². The molecule has 0 unspecified atom stereocenters. The second-order valence-electron chi connectivity index (χ2n) is 1.64. The van der Waals surface area contributed by atoms with Crippen LogP contribution in [0.1, 0.15) is 19.8 Å². The van der Waals surface area contributed by atoms with Crippen molar-refractivity contribution in [2.24, 2.45) is 0 Å². The van der Waals surface area contributed by atoms with E-state index in [0.29, 0.717) is 0 Å². The van der Waals surface area contributed by atoms with Gasteiger partial charge in [-0.05, 0) is 19.8 Å². The predicted molar refractivity (Wildman–Crippen MR) is 43.7 cm³/mol. The van der Waals surface area contributed by atoms with Gasteiger partial charge in [-0.15, -0.1) is 0 Å². The minimum Gasteiger partial charge on any atom is -0.412 e. The zero-order chi connectivity index (χ0) is 6.24. The van der Waals surface area contributed by atoms with E-state index in [1.54, 1.807) is 6.92 Å². The zero-order valence-electron chi connectivity index (χ0n) is 6.89. The van der Waals surface area contributed by atoms with Crippen molar-refractivity contribution in [3.63, 3.8) is 0 Å². The van der Waals surface area contributed by atoms with Crippen LogP contribution in [0.3, 0.4) is 0 Å². The second-order valence-corrected chi connectivity index (χ2v) is 1.64. The largest absolute Gasteiger partial charge is 0.412 e. The van der Waals surface area contributed by atoms with Crippen LogP contribution in [-0.4, -0.2) is 41.4 Å². The molecular formula is C6H20O5. The molecule has 0 bridgehead atoms. The summed E-state index contributed by atoms with van der Waals surface area (Å²) >= 11 is 0. The van der Waals surface area contributed by atoms with Gasteiger partial charge in [0.1, 0.15) is 0 Å². The molecule has 0 aliphatic carbocycles. The molecule has 0 aromatic heterocycles. The average Bonchev–Trinajstić information content (AvgIpc) is 2.17. The summed E-state index contributed by atoms with van der Waals surface area (Å²) < 4.78 is 4.94. The van der Waals surface area contributed by atoms with Crippen LogP contribution < -0.4 is 0 Å². The molecule has 1 heterocycles. The van der Waals surface area contributed by atoms with Crippen LogP contribution in [0.15, 0.2) is 0 Å². The highest BCUT2D eigenvalue weighted by Gasteiger charge is 1.94. The van der Waals surface area contributed by atoms with Crippen LogP contribution in [0.5, 0.6) is 0 Å². The lowest BCUT2D eigenvalue weighted by Crippen LogP contribution is -1.74. The lowest BCUT2D eigenvalue weighted by molar-refractivity contribution is 0.198. The molecule has 1 rings (SSSR count). The first-order valence-corrected chi connectivity index (χ1v) is 3.10. The molecule has 1 fully saturated rings. The molecule has 0 atom stereocenters. The molecule has 74 valence electrons. The predicted octanol–water partition coefficient (Wildman–Crippen LogP) is -1.68. The molecule has 5 heteroatoms. The number of hydrogen-bond acceptors (Lipinski definition) is 2. The Morgan fingerprint density at radius 1 is 1.09 bits per heavy atom. The molecule has 5 nitrogen and oxygen atoms in total. The molecule has 0 spiro atoms. The highest BCUT2D eigenvalue weighted by Crippen LogP contribution is 1.98. The highest BCUT2D eigenvalue weighted by atomic mass is 16.5. The van der Waals surface area contributed by atoms with E-state index in [2.05, 4.69) is 0 Å². The van der Waals surface area contributed by atoms with Crippen LogP contribution in [0, 0.1) is 0 Å². The van der Waals surface area contributed by atoms with Gasteiger partial charge in [-0.2, -0.15) is 0 Å². The van der Waals surface area contributed by atoms with Crippen LogP contribution in [-0.2, 0) is 4.74 Å². The summed E-state index contributed by atoms with van der Waals surface area (Å²) in [5, 5.41) is 7.57. The fourth-order valence-corrected chi connectivity index (χ4v) is 0.510. The topological polar surface area (TPSA) is 124 Å².